The highest BCUT2D eigenvalue weighted by molar-refractivity contribution is 5.52. The van der Waals surface area contributed by atoms with E-state index in [0.717, 1.165) is 42.9 Å². The maximum atomic E-state index is 5.94. The van der Waals surface area contributed by atoms with Crippen LogP contribution in [0.2, 0.25) is 0 Å². The largest absolute Gasteiger partial charge is 0.490 e. The molecule has 134 valence electrons. The van der Waals surface area contributed by atoms with Crippen molar-refractivity contribution < 1.29 is 14.2 Å². The number of hydrogen-bond donors (Lipinski definition) is 2. The Kier molecular flexibility index (Phi) is 5.77. The summed E-state index contributed by atoms with van der Waals surface area (Å²) in [6.07, 6.45) is 4.60. The molecule has 1 aromatic heterocycles. The predicted octanol–water partition coefficient (Wildman–Crippen LogP) is 3.01. The molecule has 7 heteroatoms. The Labute approximate surface area is 147 Å². The van der Waals surface area contributed by atoms with Crippen molar-refractivity contribution in [2.45, 2.75) is 32.8 Å². The lowest BCUT2D eigenvalue weighted by molar-refractivity contribution is 0.279. The molecule has 25 heavy (non-hydrogen) atoms. The van der Waals surface area contributed by atoms with E-state index < -0.39 is 0 Å². The third-order valence-corrected chi connectivity index (χ3v) is 3.83. The first-order valence-electron chi connectivity index (χ1n) is 8.64. The first-order chi connectivity index (χ1) is 12.3. The molecule has 1 aliphatic rings. The third-order valence-electron chi connectivity index (χ3n) is 3.83. The molecule has 0 amide bonds. The number of rotatable bonds is 7. The van der Waals surface area contributed by atoms with Gasteiger partial charge in [-0.1, -0.05) is 25.5 Å². The van der Waals surface area contributed by atoms with Gasteiger partial charge in [-0.25, -0.2) is 4.98 Å². The van der Waals surface area contributed by atoms with Crippen LogP contribution in [0.4, 0.5) is 11.8 Å². The van der Waals surface area contributed by atoms with E-state index in [0.29, 0.717) is 31.4 Å². The molecule has 2 aromatic rings. The van der Waals surface area contributed by atoms with Gasteiger partial charge in [0.25, 0.3) is 0 Å². The van der Waals surface area contributed by atoms with Gasteiger partial charge in [0, 0.05) is 18.5 Å². The Morgan fingerprint density at radius 3 is 3.04 bits per heavy atom. The van der Waals surface area contributed by atoms with Crippen LogP contribution in [-0.4, -0.2) is 29.7 Å². The molecule has 0 bridgehead atoms. The van der Waals surface area contributed by atoms with Crippen molar-refractivity contribution in [2.24, 2.45) is 0 Å². The number of para-hydroxylation sites is 1. The highest BCUT2D eigenvalue weighted by Crippen LogP contribution is 2.34. The fourth-order valence-electron chi connectivity index (χ4n) is 2.52. The molecular weight excluding hydrogens is 320 g/mol. The number of unbranched alkanes of at least 4 members (excludes halogenated alkanes) is 1. The number of nitrogens with one attached hydrogen (secondary N) is 1. The van der Waals surface area contributed by atoms with Crippen LogP contribution in [0.5, 0.6) is 17.2 Å². The van der Waals surface area contributed by atoms with Crippen molar-refractivity contribution in [1.82, 2.24) is 9.97 Å². The maximum absolute atomic E-state index is 5.94. The Morgan fingerprint density at radius 2 is 2.16 bits per heavy atom. The molecule has 0 fully saturated rings. The Balaban J connectivity index is 1.73. The van der Waals surface area contributed by atoms with E-state index in [9.17, 15) is 0 Å². The number of nitrogens with zero attached hydrogens (tertiary/aromatic N) is 2. The molecule has 0 spiro atoms. The minimum absolute atomic E-state index is 0.219. The summed E-state index contributed by atoms with van der Waals surface area (Å²) in [5.41, 5.74) is 6.62. The molecule has 3 N–H and O–H groups in total. The van der Waals surface area contributed by atoms with Crippen LogP contribution in [-0.2, 0) is 6.61 Å². The van der Waals surface area contributed by atoms with Gasteiger partial charge in [-0.3, -0.25) is 0 Å². The van der Waals surface area contributed by atoms with Crippen LogP contribution in [0.25, 0.3) is 0 Å². The summed E-state index contributed by atoms with van der Waals surface area (Å²) in [5, 5.41) is 3.25. The monoisotopic (exact) mass is 344 g/mol. The number of benzene rings is 1. The quantitative estimate of drug-likeness (QED) is 0.746. The number of ether oxygens (including phenoxy) is 3. The summed E-state index contributed by atoms with van der Waals surface area (Å²) in [5.74, 6) is 2.90. The number of fused-ring (bicyclic) bond motifs is 1. The van der Waals surface area contributed by atoms with Crippen molar-refractivity contribution in [3.05, 3.63) is 30.0 Å². The smallest absolute Gasteiger partial charge is 0.222 e. The van der Waals surface area contributed by atoms with Gasteiger partial charge < -0.3 is 25.3 Å². The van der Waals surface area contributed by atoms with Crippen molar-refractivity contribution in [2.75, 3.05) is 30.8 Å². The molecule has 0 unspecified atom stereocenters. The van der Waals surface area contributed by atoms with Gasteiger partial charge in [0.1, 0.15) is 6.61 Å². The normalized spacial score (nSPS) is 13.2. The summed E-state index contributed by atoms with van der Waals surface area (Å²) in [7, 11) is 0. The molecular formula is C18H24N4O3. The van der Waals surface area contributed by atoms with Crippen LogP contribution in [0.1, 0.15) is 31.7 Å². The van der Waals surface area contributed by atoms with Crippen molar-refractivity contribution in [3.63, 3.8) is 0 Å². The van der Waals surface area contributed by atoms with Crippen LogP contribution in [0.15, 0.2) is 24.4 Å². The second-order valence-electron chi connectivity index (χ2n) is 5.80. The van der Waals surface area contributed by atoms with Gasteiger partial charge in [0.05, 0.1) is 19.4 Å². The molecule has 3 rings (SSSR count). The van der Waals surface area contributed by atoms with Gasteiger partial charge in [-0.15, -0.1) is 0 Å². The van der Waals surface area contributed by atoms with Gasteiger partial charge in [-0.2, -0.15) is 4.98 Å². The summed E-state index contributed by atoms with van der Waals surface area (Å²) < 4.78 is 17.5. The zero-order chi connectivity index (χ0) is 17.5. The number of nitrogen functional groups attached to an aromatic ring is 1. The topological polar surface area (TPSA) is 91.5 Å². The number of aromatic nitrogens is 2. The van der Waals surface area contributed by atoms with Gasteiger partial charge >= 0.3 is 0 Å². The van der Waals surface area contributed by atoms with E-state index in [2.05, 4.69) is 22.2 Å². The fraction of sp³-hybridized carbons (Fsp3) is 0.444. The molecule has 1 aromatic carbocycles. The van der Waals surface area contributed by atoms with E-state index >= 15 is 0 Å². The van der Waals surface area contributed by atoms with Crippen molar-refractivity contribution >= 4 is 11.8 Å². The molecule has 0 aliphatic carbocycles. The lowest BCUT2D eigenvalue weighted by Gasteiger charge is -2.15. The summed E-state index contributed by atoms with van der Waals surface area (Å²) >= 11 is 0. The van der Waals surface area contributed by atoms with Gasteiger partial charge in [0.2, 0.25) is 5.95 Å². The molecule has 0 atom stereocenters. The zero-order valence-electron chi connectivity index (χ0n) is 14.5. The number of anilines is 2. The fourth-order valence-corrected chi connectivity index (χ4v) is 2.52. The van der Waals surface area contributed by atoms with E-state index in [1.165, 1.54) is 0 Å². The molecule has 0 saturated carbocycles. The van der Waals surface area contributed by atoms with E-state index in [4.69, 9.17) is 19.9 Å². The average molecular weight is 344 g/mol. The second-order valence-corrected chi connectivity index (χ2v) is 5.80. The Hall–Kier alpha value is -2.70. The Bertz CT molecular complexity index is 709. The molecule has 1 aliphatic heterocycles. The average Bonchev–Trinajstić information content (AvgIpc) is 2.87. The van der Waals surface area contributed by atoms with E-state index in [1.807, 2.05) is 18.2 Å². The molecule has 0 radical (unpaired) electrons. The second kappa shape index (κ2) is 8.41. The van der Waals surface area contributed by atoms with Crippen LogP contribution in [0, 0.1) is 0 Å². The standard InChI is InChI=1S/C18H24N4O3/c1-2-3-8-20-17-15(11-21-18(19)22-17)25-12-13-6-4-7-14-16(13)24-10-5-9-23-14/h4,6-7,11H,2-3,5,8-10,12H2,1H3,(H3,19,20,21,22). The highest BCUT2D eigenvalue weighted by atomic mass is 16.5. The molecule has 7 nitrogen and oxygen atoms in total. The predicted molar refractivity (Wildman–Crippen MR) is 96.2 cm³/mol. The maximum Gasteiger partial charge on any atom is 0.222 e. The third kappa shape index (κ3) is 4.43. The highest BCUT2D eigenvalue weighted by Gasteiger charge is 2.16. The zero-order valence-corrected chi connectivity index (χ0v) is 14.5. The van der Waals surface area contributed by atoms with Crippen LogP contribution in [0.3, 0.4) is 0 Å². The van der Waals surface area contributed by atoms with Gasteiger partial charge in [-0.05, 0) is 12.5 Å². The lowest BCUT2D eigenvalue weighted by atomic mass is 10.2. The lowest BCUT2D eigenvalue weighted by Crippen LogP contribution is -2.09. The first-order valence-corrected chi connectivity index (χ1v) is 8.64. The van der Waals surface area contributed by atoms with Crippen LogP contribution >= 0.6 is 0 Å². The summed E-state index contributed by atoms with van der Waals surface area (Å²) in [4.78, 5) is 8.26. The van der Waals surface area contributed by atoms with Crippen molar-refractivity contribution in [1.29, 1.82) is 0 Å². The van der Waals surface area contributed by atoms with E-state index in [1.54, 1.807) is 6.20 Å². The van der Waals surface area contributed by atoms with E-state index in [-0.39, 0.29) is 5.95 Å². The molecule has 2 heterocycles. The number of hydrogen-bond acceptors (Lipinski definition) is 7. The minimum atomic E-state index is 0.219. The molecule has 0 saturated heterocycles. The summed E-state index contributed by atoms with van der Waals surface area (Å²) in [6, 6.07) is 5.82. The van der Waals surface area contributed by atoms with Crippen molar-refractivity contribution in [3.8, 4) is 17.2 Å². The first kappa shape index (κ1) is 17.1. The van der Waals surface area contributed by atoms with Crippen LogP contribution < -0.4 is 25.3 Å². The summed E-state index contributed by atoms with van der Waals surface area (Å²) in [6.45, 7) is 4.58. The SMILES string of the molecule is CCCCNc1nc(N)ncc1OCc1cccc2c1OCCCO2. The minimum Gasteiger partial charge on any atom is -0.490 e. The van der Waals surface area contributed by atoms with Gasteiger partial charge in [0.15, 0.2) is 23.1 Å². The number of nitrogens with two attached hydrogens (primary N) is 1. The Morgan fingerprint density at radius 1 is 1.28 bits per heavy atom.